The topological polar surface area (TPSA) is 64.3 Å². The number of nitrogens with one attached hydrogen (secondary N) is 1. The van der Waals surface area contributed by atoms with E-state index in [4.69, 9.17) is 10.5 Å². The summed E-state index contributed by atoms with van der Waals surface area (Å²) in [6.07, 6.45) is 0. The van der Waals surface area contributed by atoms with Gasteiger partial charge >= 0.3 is 0 Å². The van der Waals surface area contributed by atoms with E-state index in [1.54, 1.807) is 18.2 Å². The molecule has 1 amide bonds. The lowest BCUT2D eigenvalue weighted by Gasteiger charge is -2.10. The third-order valence-corrected chi connectivity index (χ3v) is 3.81. The predicted octanol–water partition coefficient (Wildman–Crippen LogP) is 4.19. The zero-order chi connectivity index (χ0) is 15.6. The molecule has 0 aliphatic carbocycles. The molecule has 2 rings (SSSR count). The Balaban J connectivity index is 2.30. The molecular weight excluding hydrogens is 407 g/mol. The Bertz CT molecular complexity index is 708. The Labute approximate surface area is 137 Å². The first-order valence-electron chi connectivity index (χ1n) is 5.81. The van der Waals surface area contributed by atoms with E-state index in [0.717, 1.165) is 10.5 Å². The second-order valence-electron chi connectivity index (χ2n) is 4.19. The highest BCUT2D eigenvalue weighted by molar-refractivity contribution is 9.10. The maximum atomic E-state index is 13.3. The van der Waals surface area contributed by atoms with Crippen molar-refractivity contribution in [3.8, 4) is 5.75 Å². The summed E-state index contributed by atoms with van der Waals surface area (Å²) >= 11 is 6.47. The number of rotatable bonds is 3. The van der Waals surface area contributed by atoms with Gasteiger partial charge in [0.15, 0.2) is 0 Å². The molecule has 0 heterocycles. The molecule has 0 saturated heterocycles. The molecule has 0 aliphatic rings. The molecule has 0 saturated carbocycles. The molecule has 7 heteroatoms. The van der Waals surface area contributed by atoms with Gasteiger partial charge in [-0.25, -0.2) is 4.39 Å². The van der Waals surface area contributed by atoms with E-state index in [1.807, 2.05) is 0 Å². The van der Waals surface area contributed by atoms with Crippen LogP contribution >= 0.6 is 31.9 Å². The number of ether oxygens (including phenoxy) is 1. The molecule has 21 heavy (non-hydrogen) atoms. The van der Waals surface area contributed by atoms with Crippen LogP contribution in [0, 0.1) is 5.82 Å². The van der Waals surface area contributed by atoms with E-state index in [-0.39, 0.29) is 11.3 Å². The number of benzene rings is 2. The van der Waals surface area contributed by atoms with Crippen LogP contribution in [0.2, 0.25) is 0 Å². The summed E-state index contributed by atoms with van der Waals surface area (Å²) < 4.78 is 19.5. The second kappa shape index (κ2) is 6.44. The molecule has 2 aromatic rings. The molecule has 0 bridgehead atoms. The zero-order valence-corrected chi connectivity index (χ0v) is 14.1. The van der Waals surface area contributed by atoms with E-state index in [1.165, 1.54) is 13.2 Å². The predicted molar refractivity (Wildman–Crippen MR) is 87.2 cm³/mol. The molecule has 110 valence electrons. The number of halogens is 3. The fraction of sp³-hybridized carbons (Fsp3) is 0.0714. The number of carbonyl (C=O) groups is 1. The summed E-state index contributed by atoms with van der Waals surface area (Å²) in [6, 6.07) is 7.60. The molecule has 4 nitrogen and oxygen atoms in total. The van der Waals surface area contributed by atoms with Crippen molar-refractivity contribution >= 4 is 49.1 Å². The van der Waals surface area contributed by atoms with Gasteiger partial charge in [0.05, 0.1) is 18.4 Å². The molecule has 2 aromatic carbocycles. The quantitative estimate of drug-likeness (QED) is 0.735. The number of hydrogen-bond donors (Lipinski definition) is 2. The van der Waals surface area contributed by atoms with Crippen LogP contribution in [0.3, 0.4) is 0 Å². The van der Waals surface area contributed by atoms with Gasteiger partial charge in [0.25, 0.3) is 5.91 Å². The molecule has 0 radical (unpaired) electrons. The zero-order valence-electron chi connectivity index (χ0n) is 10.9. The number of amides is 1. The van der Waals surface area contributed by atoms with E-state index in [9.17, 15) is 9.18 Å². The highest BCUT2D eigenvalue weighted by Gasteiger charge is 2.14. The Morgan fingerprint density at radius 1 is 1.24 bits per heavy atom. The average molecular weight is 418 g/mol. The van der Waals surface area contributed by atoms with Gasteiger partial charge in [-0.3, -0.25) is 4.79 Å². The number of nitrogen functional groups attached to an aromatic ring is 1. The van der Waals surface area contributed by atoms with Crippen molar-refractivity contribution in [3.63, 3.8) is 0 Å². The van der Waals surface area contributed by atoms with Gasteiger partial charge in [-0.05, 0) is 40.2 Å². The summed E-state index contributed by atoms with van der Waals surface area (Å²) in [7, 11) is 1.53. The normalized spacial score (nSPS) is 10.3. The minimum atomic E-state index is -0.581. The van der Waals surface area contributed by atoms with Gasteiger partial charge in [0.2, 0.25) is 0 Å². The van der Waals surface area contributed by atoms with Crippen molar-refractivity contribution in [1.29, 1.82) is 0 Å². The summed E-state index contributed by atoms with van der Waals surface area (Å²) in [5.41, 5.74) is 6.19. The van der Waals surface area contributed by atoms with Crippen LogP contribution in [0.4, 0.5) is 15.8 Å². The lowest BCUT2D eigenvalue weighted by molar-refractivity contribution is 0.102. The third-order valence-electron chi connectivity index (χ3n) is 2.70. The Hall–Kier alpha value is -1.60. The lowest BCUT2D eigenvalue weighted by atomic mass is 10.1. The fourth-order valence-electron chi connectivity index (χ4n) is 1.69. The van der Waals surface area contributed by atoms with Gasteiger partial charge in [-0.1, -0.05) is 15.9 Å². The second-order valence-corrected chi connectivity index (χ2v) is 5.96. The first-order valence-corrected chi connectivity index (χ1v) is 7.39. The summed E-state index contributed by atoms with van der Waals surface area (Å²) in [4.78, 5) is 12.2. The van der Waals surface area contributed by atoms with Crippen molar-refractivity contribution in [1.82, 2.24) is 0 Å². The molecular formula is C14H11Br2FN2O2. The van der Waals surface area contributed by atoms with Crippen molar-refractivity contribution in [3.05, 3.63) is 50.7 Å². The maximum absolute atomic E-state index is 13.3. The molecule has 0 aliphatic heterocycles. The Kier molecular flexibility index (Phi) is 4.84. The minimum absolute atomic E-state index is 0.0878. The highest BCUT2D eigenvalue weighted by Crippen LogP contribution is 2.27. The third kappa shape index (κ3) is 3.74. The van der Waals surface area contributed by atoms with E-state index in [2.05, 4.69) is 37.2 Å². The largest absolute Gasteiger partial charge is 0.497 e. The van der Waals surface area contributed by atoms with Crippen molar-refractivity contribution in [2.24, 2.45) is 0 Å². The van der Waals surface area contributed by atoms with E-state index >= 15 is 0 Å². The number of nitrogens with two attached hydrogens (primary N) is 1. The van der Waals surface area contributed by atoms with Crippen LogP contribution in [0.15, 0.2) is 39.3 Å². The van der Waals surface area contributed by atoms with Gasteiger partial charge in [0, 0.05) is 20.7 Å². The number of anilines is 2. The minimum Gasteiger partial charge on any atom is -0.497 e. The number of carbonyl (C=O) groups excluding carboxylic acids is 1. The molecule has 0 atom stereocenters. The van der Waals surface area contributed by atoms with Crippen molar-refractivity contribution < 1.29 is 13.9 Å². The summed E-state index contributed by atoms with van der Waals surface area (Å²) in [5, 5.41) is 2.70. The monoisotopic (exact) mass is 416 g/mol. The van der Waals surface area contributed by atoms with Crippen molar-refractivity contribution in [2.45, 2.75) is 0 Å². The Morgan fingerprint density at radius 3 is 2.62 bits per heavy atom. The first-order chi connectivity index (χ1) is 9.90. The standard InChI is InChI=1S/C14H11Br2FN2O2/c1-21-9-3-7(15)2-8(4-9)19-14(20)10-5-13(18)12(17)6-11(10)16/h2-6H,18H2,1H3,(H,19,20). The van der Waals surface area contributed by atoms with E-state index in [0.29, 0.717) is 15.9 Å². The van der Waals surface area contributed by atoms with Gasteiger partial charge in [-0.2, -0.15) is 0 Å². The number of hydrogen-bond acceptors (Lipinski definition) is 3. The fourth-order valence-corrected chi connectivity index (χ4v) is 2.66. The smallest absolute Gasteiger partial charge is 0.256 e. The van der Waals surface area contributed by atoms with Crippen LogP contribution in [0.5, 0.6) is 5.75 Å². The maximum Gasteiger partial charge on any atom is 0.256 e. The summed E-state index contributed by atoms with van der Waals surface area (Å²) in [5.74, 6) is -0.395. The lowest BCUT2D eigenvalue weighted by Crippen LogP contribution is -2.13. The van der Waals surface area contributed by atoms with Crippen LogP contribution in [-0.2, 0) is 0 Å². The SMILES string of the molecule is COc1cc(Br)cc(NC(=O)c2cc(N)c(F)cc2Br)c1. The highest BCUT2D eigenvalue weighted by atomic mass is 79.9. The van der Waals surface area contributed by atoms with E-state index < -0.39 is 11.7 Å². The number of methoxy groups -OCH3 is 1. The summed E-state index contributed by atoms with van der Waals surface area (Å²) in [6.45, 7) is 0. The van der Waals surface area contributed by atoms with Crippen molar-refractivity contribution in [2.75, 3.05) is 18.2 Å². The Morgan fingerprint density at radius 2 is 1.95 bits per heavy atom. The van der Waals surface area contributed by atoms with Crippen LogP contribution in [0.25, 0.3) is 0 Å². The van der Waals surface area contributed by atoms with Crippen LogP contribution in [-0.4, -0.2) is 13.0 Å². The molecule has 0 spiro atoms. The first kappa shape index (κ1) is 15.8. The molecule has 0 fully saturated rings. The molecule has 3 N–H and O–H groups in total. The average Bonchev–Trinajstić information content (AvgIpc) is 2.42. The van der Waals surface area contributed by atoms with Crippen LogP contribution in [0.1, 0.15) is 10.4 Å². The molecule has 0 aromatic heterocycles. The van der Waals surface area contributed by atoms with Gasteiger partial charge in [-0.15, -0.1) is 0 Å². The molecule has 0 unspecified atom stereocenters. The van der Waals surface area contributed by atoms with Gasteiger partial charge in [0.1, 0.15) is 11.6 Å². The van der Waals surface area contributed by atoms with Crippen LogP contribution < -0.4 is 15.8 Å². The van der Waals surface area contributed by atoms with Gasteiger partial charge < -0.3 is 15.8 Å².